The van der Waals surface area contributed by atoms with Crippen LogP contribution in [0.3, 0.4) is 0 Å². The lowest BCUT2D eigenvalue weighted by atomic mass is 9.98. The van der Waals surface area contributed by atoms with Crippen molar-refractivity contribution in [3.8, 4) is 5.75 Å². The van der Waals surface area contributed by atoms with E-state index in [4.69, 9.17) is 4.74 Å². The van der Waals surface area contributed by atoms with Gasteiger partial charge in [-0.15, -0.1) is 0 Å². The van der Waals surface area contributed by atoms with E-state index in [0.29, 0.717) is 19.4 Å². The Balaban J connectivity index is 2.26. The number of amides is 1. The maximum absolute atomic E-state index is 11.8. The summed E-state index contributed by atoms with van der Waals surface area (Å²) in [6.45, 7) is 7.79. The first kappa shape index (κ1) is 16.5. The molecule has 1 unspecified atom stereocenters. The summed E-state index contributed by atoms with van der Waals surface area (Å²) in [5, 5.41) is 12.4. The van der Waals surface area contributed by atoms with E-state index in [9.17, 15) is 9.90 Å². The minimum atomic E-state index is -0.603. The van der Waals surface area contributed by atoms with Crippen LogP contribution in [0.25, 0.3) is 0 Å². The largest absolute Gasteiger partial charge is 0.494 e. The van der Waals surface area contributed by atoms with Crippen molar-refractivity contribution in [3.63, 3.8) is 0 Å². The Morgan fingerprint density at radius 3 is 2.75 bits per heavy atom. The van der Waals surface area contributed by atoms with Gasteiger partial charge in [0.2, 0.25) is 5.91 Å². The molecule has 2 N–H and O–H groups in total. The third-order valence-corrected chi connectivity index (χ3v) is 3.31. The number of nitrogens with one attached hydrogen (secondary N) is 1. The molecule has 1 aromatic carbocycles. The molecule has 0 saturated carbocycles. The van der Waals surface area contributed by atoms with Crippen molar-refractivity contribution < 1.29 is 14.6 Å². The number of ether oxygens (including phenoxy) is 1. The Kier molecular flexibility index (Phi) is 6.02. The number of rotatable bonds is 7. The molecule has 0 aliphatic heterocycles. The number of benzene rings is 1. The van der Waals surface area contributed by atoms with Gasteiger partial charge in [-0.25, -0.2) is 0 Å². The molecule has 0 fully saturated rings. The third kappa shape index (κ3) is 5.61. The molecule has 1 aromatic rings. The van der Waals surface area contributed by atoms with Gasteiger partial charge in [-0.05, 0) is 51.8 Å². The summed E-state index contributed by atoms with van der Waals surface area (Å²) in [5.74, 6) is 0.762. The molecular formula is C16H25NO3. The van der Waals surface area contributed by atoms with Crippen LogP contribution in [0, 0.1) is 6.92 Å². The second kappa shape index (κ2) is 7.29. The summed E-state index contributed by atoms with van der Waals surface area (Å²) < 4.78 is 5.59. The van der Waals surface area contributed by atoms with Crippen molar-refractivity contribution in [2.24, 2.45) is 0 Å². The molecule has 0 radical (unpaired) electrons. The Bertz CT molecular complexity index is 441. The topological polar surface area (TPSA) is 58.6 Å². The molecule has 20 heavy (non-hydrogen) atoms. The highest BCUT2D eigenvalue weighted by atomic mass is 16.5. The van der Waals surface area contributed by atoms with Gasteiger partial charge in [-0.2, -0.15) is 0 Å². The van der Waals surface area contributed by atoms with Crippen LogP contribution in [0.4, 0.5) is 0 Å². The van der Waals surface area contributed by atoms with Crippen LogP contribution in [0.2, 0.25) is 0 Å². The lowest BCUT2D eigenvalue weighted by molar-refractivity contribution is -0.124. The molecule has 0 spiro atoms. The van der Waals surface area contributed by atoms with Crippen LogP contribution < -0.4 is 10.1 Å². The smallest absolute Gasteiger partial charge is 0.220 e. The minimum Gasteiger partial charge on any atom is -0.494 e. The normalized spacial score (nSPS) is 12.8. The number of hydrogen-bond acceptors (Lipinski definition) is 3. The summed E-state index contributed by atoms with van der Waals surface area (Å²) in [6.07, 6.45) is 0.451. The summed E-state index contributed by atoms with van der Waals surface area (Å²) in [6, 6.07) is 7.83. The first-order chi connectivity index (χ1) is 9.31. The molecule has 112 valence electrons. The van der Waals surface area contributed by atoms with Crippen LogP contribution in [-0.4, -0.2) is 29.3 Å². The van der Waals surface area contributed by atoms with Crippen LogP contribution in [0.15, 0.2) is 24.3 Å². The predicted molar refractivity (Wildman–Crippen MR) is 79.8 cm³/mol. The van der Waals surface area contributed by atoms with Crippen molar-refractivity contribution >= 4 is 5.91 Å². The zero-order chi connectivity index (χ0) is 15.2. The average molecular weight is 279 g/mol. The van der Waals surface area contributed by atoms with Gasteiger partial charge in [0.1, 0.15) is 5.75 Å². The Hall–Kier alpha value is -1.55. The summed E-state index contributed by atoms with van der Waals surface area (Å²) in [4.78, 5) is 11.8. The standard InChI is InChI=1S/C16H25NO3/c1-12-7-5-8-14(11-12)20-10-6-9-15(19)17-16(3,4)13(2)18/h5,7-8,11,13,18H,6,9-10H2,1-4H3,(H,17,19). The number of aliphatic hydroxyl groups excluding tert-OH is 1. The highest BCUT2D eigenvalue weighted by Gasteiger charge is 2.25. The molecule has 1 atom stereocenters. The van der Waals surface area contributed by atoms with Crippen molar-refractivity contribution in [1.82, 2.24) is 5.32 Å². The number of carbonyl (C=O) groups is 1. The van der Waals surface area contributed by atoms with Gasteiger partial charge in [0.25, 0.3) is 0 Å². The number of hydrogen-bond donors (Lipinski definition) is 2. The molecule has 4 nitrogen and oxygen atoms in total. The highest BCUT2D eigenvalue weighted by molar-refractivity contribution is 5.76. The molecule has 1 rings (SSSR count). The lowest BCUT2D eigenvalue weighted by Crippen LogP contribution is -2.50. The van der Waals surface area contributed by atoms with Crippen LogP contribution >= 0.6 is 0 Å². The fourth-order valence-electron chi connectivity index (χ4n) is 1.65. The summed E-state index contributed by atoms with van der Waals surface area (Å²) in [7, 11) is 0. The fourth-order valence-corrected chi connectivity index (χ4v) is 1.65. The Labute approximate surface area is 121 Å². The van der Waals surface area contributed by atoms with E-state index < -0.39 is 11.6 Å². The molecule has 1 amide bonds. The molecular weight excluding hydrogens is 254 g/mol. The second-order valence-electron chi connectivity index (χ2n) is 5.71. The van der Waals surface area contributed by atoms with Crippen molar-refractivity contribution in [3.05, 3.63) is 29.8 Å². The van der Waals surface area contributed by atoms with Gasteiger partial charge >= 0.3 is 0 Å². The van der Waals surface area contributed by atoms with E-state index in [1.54, 1.807) is 20.8 Å². The van der Waals surface area contributed by atoms with E-state index in [0.717, 1.165) is 11.3 Å². The third-order valence-electron chi connectivity index (χ3n) is 3.31. The van der Waals surface area contributed by atoms with E-state index in [2.05, 4.69) is 5.32 Å². The molecule has 0 bridgehead atoms. The zero-order valence-electron chi connectivity index (χ0n) is 12.8. The Morgan fingerprint density at radius 1 is 1.45 bits per heavy atom. The van der Waals surface area contributed by atoms with E-state index in [1.807, 2.05) is 31.2 Å². The van der Waals surface area contributed by atoms with E-state index in [-0.39, 0.29) is 5.91 Å². The van der Waals surface area contributed by atoms with Gasteiger partial charge in [-0.1, -0.05) is 12.1 Å². The van der Waals surface area contributed by atoms with Gasteiger partial charge in [-0.3, -0.25) is 4.79 Å². The van der Waals surface area contributed by atoms with Crippen LogP contribution in [0.5, 0.6) is 5.75 Å². The van der Waals surface area contributed by atoms with Crippen molar-refractivity contribution in [2.45, 2.75) is 52.2 Å². The van der Waals surface area contributed by atoms with Gasteiger partial charge in [0.05, 0.1) is 18.2 Å². The maximum atomic E-state index is 11.8. The van der Waals surface area contributed by atoms with Crippen molar-refractivity contribution in [2.75, 3.05) is 6.61 Å². The van der Waals surface area contributed by atoms with Gasteiger partial charge < -0.3 is 15.2 Å². The monoisotopic (exact) mass is 279 g/mol. The fraction of sp³-hybridized carbons (Fsp3) is 0.562. The number of aliphatic hydroxyl groups is 1. The van der Waals surface area contributed by atoms with Crippen molar-refractivity contribution in [1.29, 1.82) is 0 Å². The summed E-state index contributed by atoms with van der Waals surface area (Å²) in [5.41, 5.74) is 0.549. The van der Waals surface area contributed by atoms with Gasteiger partial charge in [0, 0.05) is 6.42 Å². The zero-order valence-corrected chi connectivity index (χ0v) is 12.8. The van der Waals surface area contributed by atoms with Crippen LogP contribution in [-0.2, 0) is 4.79 Å². The summed E-state index contributed by atoms with van der Waals surface area (Å²) >= 11 is 0. The first-order valence-electron chi connectivity index (χ1n) is 7.00. The van der Waals surface area contributed by atoms with Gasteiger partial charge in [0.15, 0.2) is 0 Å². The quantitative estimate of drug-likeness (QED) is 0.754. The second-order valence-corrected chi connectivity index (χ2v) is 5.71. The molecule has 0 aromatic heterocycles. The average Bonchev–Trinajstić information content (AvgIpc) is 2.34. The van der Waals surface area contributed by atoms with E-state index in [1.165, 1.54) is 0 Å². The maximum Gasteiger partial charge on any atom is 0.220 e. The minimum absolute atomic E-state index is 0.0660. The van der Waals surface area contributed by atoms with E-state index >= 15 is 0 Å². The van der Waals surface area contributed by atoms with Crippen LogP contribution in [0.1, 0.15) is 39.2 Å². The number of carbonyl (C=O) groups excluding carboxylic acids is 1. The molecule has 0 heterocycles. The first-order valence-corrected chi connectivity index (χ1v) is 7.00. The lowest BCUT2D eigenvalue weighted by Gasteiger charge is -2.29. The number of aryl methyl sites for hydroxylation is 1. The Morgan fingerprint density at radius 2 is 2.15 bits per heavy atom. The predicted octanol–water partition coefficient (Wildman–Crippen LogP) is 2.43. The molecule has 0 aliphatic carbocycles. The molecule has 0 aliphatic rings. The molecule has 0 saturated heterocycles. The molecule has 4 heteroatoms. The highest BCUT2D eigenvalue weighted by Crippen LogP contribution is 2.13. The SMILES string of the molecule is Cc1cccc(OCCCC(=O)NC(C)(C)C(C)O)c1.